The summed E-state index contributed by atoms with van der Waals surface area (Å²) in [5.41, 5.74) is 0.620. The zero-order chi connectivity index (χ0) is 12.5. The van der Waals surface area contributed by atoms with Crippen LogP contribution in [-0.4, -0.2) is 22.4 Å². The van der Waals surface area contributed by atoms with Crippen molar-refractivity contribution in [3.63, 3.8) is 0 Å². The molecule has 0 amide bonds. The van der Waals surface area contributed by atoms with Gasteiger partial charge in [-0.1, -0.05) is 12.1 Å². The quantitative estimate of drug-likeness (QED) is 0.782. The molecule has 17 heavy (non-hydrogen) atoms. The van der Waals surface area contributed by atoms with Gasteiger partial charge in [-0.15, -0.1) is 0 Å². The number of phenols is 1. The van der Waals surface area contributed by atoms with Gasteiger partial charge in [-0.25, -0.2) is 0 Å². The van der Waals surface area contributed by atoms with Crippen molar-refractivity contribution in [2.24, 2.45) is 5.92 Å². The molecule has 1 aliphatic carbocycles. The lowest BCUT2D eigenvalue weighted by Crippen LogP contribution is -2.47. The van der Waals surface area contributed by atoms with Crippen molar-refractivity contribution in [3.05, 3.63) is 28.2 Å². The SMILES string of the molecule is CC(CO)(NCc1cccc(Br)c1O)C1CC1. The first-order valence-electron chi connectivity index (χ1n) is 5.89. The Morgan fingerprint density at radius 1 is 1.47 bits per heavy atom. The highest BCUT2D eigenvalue weighted by atomic mass is 79.9. The van der Waals surface area contributed by atoms with Gasteiger partial charge in [0, 0.05) is 17.6 Å². The summed E-state index contributed by atoms with van der Waals surface area (Å²) in [5.74, 6) is 0.831. The molecule has 0 aliphatic heterocycles. The molecular formula is C13H18BrNO2. The van der Waals surface area contributed by atoms with Gasteiger partial charge < -0.3 is 15.5 Å². The van der Waals surface area contributed by atoms with E-state index in [0.717, 1.165) is 5.56 Å². The molecule has 94 valence electrons. The average Bonchev–Trinajstić information content (AvgIpc) is 3.15. The number of halogens is 1. The van der Waals surface area contributed by atoms with Crippen molar-refractivity contribution < 1.29 is 10.2 Å². The van der Waals surface area contributed by atoms with E-state index in [1.807, 2.05) is 25.1 Å². The van der Waals surface area contributed by atoms with Crippen LogP contribution in [0.1, 0.15) is 25.3 Å². The van der Waals surface area contributed by atoms with E-state index in [1.54, 1.807) is 0 Å². The summed E-state index contributed by atoms with van der Waals surface area (Å²) in [6, 6.07) is 5.59. The first kappa shape index (κ1) is 12.9. The number of phenolic OH excluding ortho intramolecular Hbond substituents is 1. The first-order chi connectivity index (χ1) is 8.07. The van der Waals surface area contributed by atoms with Gasteiger partial charge in [0.05, 0.1) is 11.1 Å². The van der Waals surface area contributed by atoms with Crippen LogP contribution in [0.2, 0.25) is 0 Å². The van der Waals surface area contributed by atoms with Gasteiger partial charge in [-0.2, -0.15) is 0 Å². The van der Waals surface area contributed by atoms with Crippen molar-refractivity contribution >= 4 is 15.9 Å². The molecule has 1 aromatic carbocycles. The number of benzene rings is 1. The van der Waals surface area contributed by atoms with E-state index in [0.29, 0.717) is 16.9 Å². The summed E-state index contributed by atoms with van der Waals surface area (Å²) in [7, 11) is 0. The molecule has 0 saturated heterocycles. The normalized spacial score (nSPS) is 19.0. The standard InChI is InChI=1S/C13H18BrNO2/c1-13(8-16,10-5-6-10)15-7-9-3-2-4-11(14)12(9)17/h2-4,10,15-17H,5-8H2,1H3. The second kappa shape index (κ2) is 4.96. The summed E-state index contributed by atoms with van der Waals surface area (Å²) >= 11 is 3.30. The molecule has 1 saturated carbocycles. The second-order valence-electron chi connectivity index (χ2n) is 4.95. The van der Waals surface area contributed by atoms with Gasteiger partial charge in [0.15, 0.2) is 0 Å². The number of rotatable bonds is 5. The third-order valence-electron chi connectivity index (χ3n) is 3.56. The van der Waals surface area contributed by atoms with Crippen molar-refractivity contribution in [2.75, 3.05) is 6.61 Å². The van der Waals surface area contributed by atoms with Crippen LogP contribution in [0.25, 0.3) is 0 Å². The molecule has 0 radical (unpaired) electrons. The zero-order valence-electron chi connectivity index (χ0n) is 9.91. The molecule has 0 heterocycles. The zero-order valence-corrected chi connectivity index (χ0v) is 11.5. The Hall–Kier alpha value is -0.580. The van der Waals surface area contributed by atoms with Gasteiger partial charge in [0.2, 0.25) is 0 Å². The summed E-state index contributed by atoms with van der Waals surface area (Å²) < 4.78 is 0.703. The summed E-state index contributed by atoms with van der Waals surface area (Å²) in [6.45, 7) is 2.74. The maximum absolute atomic E-state index is 9.87. The van der Waals surface area contributed by atoms with Crippen molar-refractivity contribution in [2.45, 2.75) is 31.8 Å². The fourth-order valence-corrected chi connectivity index (χ4v) is 2.46. The van der Waals surface area contributed by atoms with Crippen LogP contribution >= 0.6 is 15.9 Å². The highest BCUT2D eigenvalue weighted by Crippen LogP contribution is 2.39. The molecule has 4 heteroatoms. The van der Waals surface area contributed by atoms with Gasteiger partial charge in [0.1, 0.15) is 5.75 Å². The lowest BCUT2D eigenvalue weighted by molar-refractivity contribution is 0.153. The summed E-state index contributed by atoms with van der Waals surface area (Å²) in [4.78, 5) is 0. The number of hydrogen-bond donors (Lipinski definition) is 3. The van der Waals surface area contributed by atoms with Crippen molar-refractivity contribution in [3.8, 4) is 5.75 Å². The van der Waals surface area contributed by atoms with E-state index in [-0.39, 0.29) is 17.9 Å². The Balaban J connectivity index is 2.04. The van der Waals surface area contributed by atoms with E-state index in [9.17, 15) is 10.2 Å². The molecule has 1 aliphatic rings. The second-order valence-corrected chi connectivity index (χ2v) is 5.81. The number of aliphatic hydroxyl groups excluding tert-OH is 1. The van der Waals surface area contributed by atoms with Crippen LogP contribution in [0.3, 0.4) is 0 Å². The van der Waals surface area contributed by atoms with E-state index in [4.69, 9.17) is 0 Å². The number of hydrogen-bond acceptors (Lipinski definition) is 3. The molecule has 1 aromatic rings. The molecule has 3 nitrogen and oxygen atoms in total. The molecule has 0 aromatic heterocycles. The van der Waals surface area contributed by atoms with Crippen LogP contribution in [0.15, 0.2) is 22.7 Å². The largest absolute Gasteiger partial charge is 0.506 e. The van der Waals surface area contributed by atoms with E-state index in [1.165, 1.54) is 12.8 Å². The Labute approximate surface area is 110 Å². The maximum Gasteiger partial charge on any atom is 0.134 e. The highest BCUT2D eigenvalue weighted by Gasteiger charge is 2.40. The topological polar surface area (TPSA) is 52.5 Å². The van der Waals surface area contributed by atoms with E-state index < -0.39 is 0 Å². The molecule has 0 bridgehead atoms. The Morgan fingerprint density at radius 3 is 2.76 bits per heavy atom. The smallest absolute Gasteiger partial charge is 0.134 e. The Kier molecular flexibility index (Phi) is 3.76. The summed E-state index contributed by atoms with van der Waals surface area (Å²) in [5, 5.41) is 22.7. The van der Waals surface area contributed by atoms with Crippen LogP contribution in [0.5, 0.6) is 5.75 Å². The van der Waals surface area contributed by atoms with Crippen LogP contribution < -0.4 is 5.32 Å². The average molecular weight is 300 g/mol. The highest BCUT2D eigenvalue weighted by molar-refractivity contribution is 9.10. The Morgan fingerprint density at radius 2 is 2.18 bits per heavy atom. The maximum atomic E-state index is 9.87. The molecular weight excluding hydrogens is 282 g/mol. The lowest BCUT2D eigenvalue weighted by Gasteiger charge is -2.29. The molecule has 1 unspecified atom stereocenters. The minimum absolute atomic E-state index is 0.131. The Bertz CT molecular complexity index is 406. The minimum atomic E-state index is -0.227. The third kappa shape index (κ3) is 2.81. The first-order valence-corrected chi connectivity index (χ1v) is 6.68. The van der Waals surface area contributed by atoms with Gasteiger partial charge in [-0.05, 0) is 47.7 Å². The monoisotopic (exact) mass is 299 g/mol. The molecule has 1 fully saturated rings. The third-order valence-corrected chi connectivity index (χ3v) is 4.20. The lowest BCUT2D eigenvalue weighted by atomic mass is 9.96. The number of aromatic hydroxyl groups is 1. The molecule has 2 rings (SSSR count). The van der Waals surface area contributed by atoms with Crippen LogP contribution in [-0.2, 0) is 6.54 Å². The number of para-hydroxylation sites is 1. The minimum Gasteiger partial charge on any atom is -0.506 e. The van der Waals surface area contributed by atoms with E-state index >= 15 is 0 Å². The molecule has 1 atom stereocenters. The predicted octanol–water partition coefficient (Wildman–Crippen LogP) is 2.41. The summed E-state index contributed by atoms with van der Waals surface area (Å²) in [6.07, 6.45) is 2.35. The van der Waals surface area contributed by atoms with Crippen molar-refractivity contribution in [1.29, 1.82) is 0 Å². The van der Waals surface area contributed by atoms with Crippen molar-refractivity contribution in [1.82, 2.24) is 5.32 Å². The molecule has 0 spiro atoms. The van der Waals surface area contributed by atoms with Gasteiger partial charge in [0.25, 0.3) is 0 Å². The fourth-order valence-electron chi connectivity index (χ4n) is 2.05. The fraction of sp³-hybridized carbons (Fsp3) is 0.538. The number of aliphatic hydroxyl groups is 1. The van der Waals surface area contributed by atoms with Crippen LogP contribution in [0.4, 0.5) is 0 Å². The van der Waals surface area contributed by atoms with Gasteiger partial charge >= 0.3 is 0 Å². The van der Waals surface area contributed by atoms with E-state index in [2.05, 4.69) is 21.2 Å². The predicted molar refractivity (Wildman–Crippen MR) is 70.9 cm³/mol. The van der Waals surface area contributed by atoms with Crippen LogP contribution in [0, 0.1) is 5.92 Å². The number of nitrogens with one attached hydrogen (secondary N) is 1. The molecule has 3 N–H and O–H groups in total. The van der Waals surface area contributed by atoms with Gasteiger partial charge in [-0.3, -0.25) is 0 Å².